The molecule has 0 bridgehead atoms. The lowest BCUT2D eigenvalue weighted by Gasteiger charge is -2.05. The molecule has 2 N–H and O–H groups in total. The molecule has 3 rings (SSSR count). The largest absolute Gasteiger partial charge is 0.349 e. The van der Waals surface area contributed by atoms with Crippen LogP contribution in [0.3, 0.4) is 0 Å². The fraction of sp³-hybridized carbons (Fsp3) is 0.273. The number of carbonyl (C=O) groups is 1. The van der Waals surface area contributed by atoms with Gasteiger partial charge in [-0.15, -0.1) is 0 Å². The van der Waals surface area contributed by atoms with Crippen molar-refractivity contribution in [3.05, 3.63) is 29.0 Å². The molecule has 1 fully saturated rings. The maximum absolute atomic E-state index is 11.8. The highest BCUT2D eigenvalue weighted by molar-refractivity contribution is 6.38. The van der Waals surface area contributed by atoms with Crippen LogP contribution in [0.5, 0.6) is 0 Å². The Balaban J connectivity index is 2.01. The van der Waals surface area contributed by atoms with E-state index in [9.17, 15) is 4.79 Å². The van der Waals surface area contributed by atoms with Gasteiger partial charge in [-0.1, -0.05) is 11.6 Å². The second-order valence-corrected chi connectivity index (χ2v) is 4.35. The van der Waals surface area contributed by atoms with Crippen LogP contribution in [0.15, 0.2) is 18.5 Å². The Bertz CT molecular complexity index is 559. The van der Waals surface area contributed by atoms with Gasteiger partial charge in [-0.05, 0) is 18.9 Å². The fourth-order valence-electron chi connectivity index (χ4n) is 1.62. The Morgan fingerprint density at radius 1 is 1.56 bits per heavy atom. The summed E-state index contributed by atoms with van der Waals surface area (Å²) in [6, 6.07) is 2.14. The maximum Gasteiger partial charge on any atom is 0.254 e. The zero-order valence-corrected chi connectivity index (χ0v) is 9.21. The summed E-state index contributed by atoms with van der Waals surface area (Å²) in [5.74, 6) is -0.136. The van der Waals surface area contributed by atoms with Gasteiger partial charge < -0.3 is 10.3 Å². The Morgan fingerprint density at radius 2 is 2.38 bits per heavy atom. The van der Waals surface area contributed by atoms with Crippen LogP contribution in [0.2, 0.25) is 5.02 Å². The third kappa shape index (κ3) is 1.55. The highest BCUT2D eigenvalue weighted by Gasteiger charge is 2.25. The van der Waals surface area contributed by atoms with Gasteiger partial charge in [-0.3, -0.25) is 4.79 Å². The van der Waals surface area contributed by atoms with Crippen molar-refractivity contribution in [2.75, 3.05) is 0 Å². The summed E-state index contributed by atoms with van der Waals surface area (Å²) in [6.07, 6.45) is 5.39. The number of nitrogens with one attached hydrogen (secondary N) is 2. The molecule has 1 aliphatic rings. The number of halogens is 1. The standard InChI is InChI=1S/C11H10ClN3O/c12-9-7-3-4-13-10(7)14-5-8(9)11(16)15-6-1-2-6/h3-6H,1-2H2,(H,13,14)(H,15,16). The van der Waals surface area contributed by atoms with Gasteiger partial charge in [0.2, 0.25) is 0 Å². The van der Waals surface area contributed by atoms with Crippen LogP contribution in [-0.4, -0.2) is 21.9 Å². The Kier molecular flexibility index (Phi) is 2.11. The molecule has 0 saturated heterocycles. The van der Waals surface area contributed by atoms with Crippen LogP contribution in [0.25, 0.3) is 11.0 Å². The van der Waals surface area contributed by atoms with E-state index in [0.29, 0.717) is 22.3 Å². The number of H-pyrrole nitrogens is 1. The van der Waals surface area contributed by atoms with Crippen molar-refractivity contribution in [2.24, 2.45) is 0 Å². The molecule has 0 spiro atoms. The number of nitrogens with zero attached hydrogens (tertiary/aromatic N) is 1. The van der Waals surface area contributed by atoms with Crippen LogP contribution >= 0.6 is 11.6 Å². The Hall–Kier alpha value is -1.55. The van der Waals surface area contributed by atoms with E-state index in [-0.39, 0.29) is 5.91 Å². The molecule has 82 valence electrons. The lowest BCUT2D eigenvalue weighted by molar-refractivity contribution is 0.0951. The zero-order chi connectivity index (χ0) is 11.1. The first-order chi connectivity index (χ1) is 7.75. The van der Waals surface area contributed by atoms with Gasteiger partial charge in [0.15, 0.2) is 0 Å². The predicted octanol–water partition coefficient (Wildman–Crippen LogP) is 2.11. The molecule has 1 aliphatic carbocycles. The SMILES string of the molecule is O=C(NC1CC1)c1cnc2[nH]ccc2c1Cl. The number of aromatic nitrogens is 2. The molecule has 0 aromatic carbocycles. The molecule has 0 unspecified atom stereocenters. The zero-order valence-electron chi connectivity index (χ0n) is 8.46. The van der Waals surface area contributed by atoms with Gasteiger partial charge in [0.1, 0.15) is 5.65 Å². The minimum Gasteiger partial charge on any atom is -0.349 e. The number of hydrogen-bond acceptors (Lipinski definition) is 2. The van der Waals surface area contributed by atoms with Crippen molar-refractivity contribution in [3.8, 4) is 0 Å². The van der Waals surface area contributed by atoms with E-state index >= 15 is 0 Å². The quantitative estimate of drug-likeness (QED) is 0.838. The minimum atomic E-state index is -0.136. The van der Waals surface area contributed by atoms with Gasteiger partial charge >= 0.3 is 0 Å². The first kappa shape index (κ1) is 9.66. The van der Waals surface area contributed by atoms with Gasteiger partial charge in [0, 0.05) is 23.8 Å². The number of amides is 1. The minimum absolute atomic E-state index is 0.136. The number of carbonyl (C=O) groups excluding carboxylic acids is 1. The van der Waals surface area contributed by atoms with Gasteiger partial charge in [0.05, 0.1) is 10.6 Å². The summed E-state index contributed by atoms with van der Waals surface area (Å²) in [5, 5.41) is 4.14. The van der Waals surface area contributed by atoms with Crippen molar-refractivity contribution >= 4 is 28.5 Å². The van der Waals surface area contributed by atoms with E-state index in [2.05, 4.69) is 15.3 Å². The summed E-state index contributed by atoms with van der Waals surface area (Å²) in [6.45, 7) is 0. The second-order valence-electron chi connectivity index (χ2n) is 3.97. The van der Waals surface area contributed by atoms with Crippen LogP contribution < -0.4 is 5.32 Å². The van der Waals surface area contributed by atoms with Crippen LogP contribution in [0.1, 0.15) is 23.2 Å². The molecular weight excluding hydrogens is 226 g/mol. The highest BCUT2D eigenvalue weighted by Crippen LogP contribution is 2.26. The normalized spacial score (nSPS) is 15.3. The van der Waals surface area contributed by atoms with Crippen LogP contribution in [-0.2, 0) is 0 Å². The third-order valence-electron chi connectivity index (χ3n) is 2.68. The highest BCUT2D eigenvalue weighted by atomic mass is 35.5. The first-order valence-corrected chi connectivity index (χ1v) is 5.56. The first-order valence-electron chi connectivity index (χ1n) is 5.18. The van der Waals surface area contributed by atoms with E-state index in [1.54, 1.807) is 6.20 Å². The summed E-state index contributed by atoms with van der Waals surface area (Å²) in [5.41, 5.74) is 1.15. The van der Waals surface area contributed by atoms with E-state index in [4.69, 9.17) is 11.6 Å². The topological polar surface area (TPSA) is 57.8 Å². The van der Waals surface area contributed by atoms with E-state index in [0.717, 1.165) is 18.2 Å². The smallest absolute Gasteiger partial charge is 0.254 e. The lowest BCUT2D eigenvalue weighted by Crippen LogP contribution is -2.25. The van der Waals surface area contributed by atoms with Crippen molar-refractivity contribution < 1.29 is 4.79 Å². The van der Waals surface area contributed by atoms with Crippen LogP contribution in [0, 0.1) is 0 Å². The molecule has 16 heavy (non-hydrogen) atoms. The molecule has 1 saturated carbocycles. The van der Waals surface area contributed by atoms with Crippen LogP contribution in [0.4, 0.5) is 0 Å². The number of hydrogen-bond donors (Lipinski definition) is 2. The molecule has 2 heterocycles. The maximum atomic E-state index is 11.8. The predicted molar refractivity (Wildman–Crippen MR) is 61.6 cm³/mol. The number of fused-ring (bicyclic) bond motifs is 1. The fourth-order valence-corrected chi connectivity index (χ4v) is 1.91. The molecule has 0 atom stereocenters. The van der Waals surface area contributed by atoms with Gasteiger partial charge in [0.25, 0.3) is 5.91 Å². The van der Waals surface area contributed by atoms with E-state index < -0.39 is 0 Å². The Labute approximate surface area is 97.0 Å². The summed E-state index contributed by atoms with van der Waals surface area (Å²) >= 11 is 6.16. The number of rotatable bonds is 2. The summed E-state index contributed by atoms with van der Waals surface area (Å²) in [4.78, 5) is 18.9. The molecule has 0 aliphatic heterocycles. The van der Waals surface area contributed by atoms with Gasteiger partial charge in [-0.25, -0.2) is 4.98 Å². The Morgan fingerprint density at radius 3 is 3.12 bits per heavy atom. The van der Waals surface area contributed by atoms with E-state index in [1.165, 1.54) is 6.20 Å². The summed E-state index contributed by atoms with van der Waals surface area (Å²) < 4.78 is 0. The molecule has 4 nitrogen and oxygen atoms in total. The third-order valence-corrected chi connectivity index (χ3v) is 3.09. The van der Waals surface area contributed by atoms with Crippen molar-refractivity contribution in [3.63, 3.8) is 0 Å². The van der Waals surface area contributed by atoms with E-state index in [1.807, 2.05) is 6.07 Å². The number of aromatic amines is 1. The van der Waals surface area contributed by atoms with Crippen molar-refractivity contribution in [1.29, 1.82) is 0 Å². The average Bonchev–Trinajstić information content (AvgIpc) is 2.94. The van der Waals surface area contributed by atoms with Gasteiger partial charge in [-0.2, -0.15) is 0 Å². The molecule has 0 radical (unpaired) electrons. The monoisotopic (exact) mass is 235 g/mol. The second kappa shape index (κ2) is 3.49. The lowest BCUT2D eigenvalue weighted by atomic mass is 10.2. The average molecular weight is 236 g/mol. The molecule has 2 aromatic heterocycles. The molecular formula is C11H10ClN3O. The molecule has 2 aromatic rings. The molecule has 1 amide bonds. The van der Waals surface area contributed by atoms with Crippen molar-refractivity contribution in [1.82, 2.24) is 15.3 Å². The molecule has 5 heteroatoms. The number of pyridine rings is 1. The van der Waals surface area contributed by atoms with Crippen molar-refractivity contribution in [2.45, 2.75) is 18.9 Å². The summed E-state index contributed by atoms with van der Waals surface area (Å²) in [7, 11) is 0.